The average molecular weight is 249 g/mol. The summed E-state index contributed by atoms with van der Waals surface area (Å²) >= 11 is 1.80. The van der Waals surface area contributed by atoms with Crippen molar-refractivity contribution in [3.63, 3.8) is 0 Å². The number of aliphatic imine (C=N–C) groups is 1. The molecule has 0 fully saturated rings. The summed E-state index contributed by atoms with van der Waals surface area (Å²) in [7, 11) is 4.10. The monoisotopic (exact) mass is 249 g/mol. The Hall–Kier alpha value is -1.16. The van der Waals surface area contributed by atoms with E-state index in [1.807, 2.05) is 14.1 Å². The maximum absolute atomic E-state index is 4.61. The van der Waals surface area contributed by atoms with Crippen molar-refractivity contribution in [2.75, 3.05) is 30.1 Å². The lowest BCUT2D eigenvalue weighted by atomic mass is 10.2. The van der Waals surface area contributed by atoms with Gasteiger partial charge in [0.2, 0.25) is 0 Å². The molecule has 0 aromatic heterocycles. The summed E-state index contributed by atoms with van der Waals surface area (Å²) in [6.07, 6.45) is 1.17. The van der Waals surface area contributed by atoms with Crippen LogP contribution in [0.4, 0.5) is 11.4 Å². The molecule has 0 bridgehead atoms. The summed E-state index contributed by atoms with van der Waals surface area (Å²) in [5.74, 6) is 1.15. The summed E-state index contributed by atoms with van der Waals surface area (Å²) in [5, 5.41) is 4.43. The first-order valence-corrected chi connectivity index (χ1v) is 6.89. The Bertz CT molecular complexity index is 415. The molecular weight excluding hydrogens is 230 g/mol. The maximum atomic E-state index is 4.61. The Labute approximate surface area is 107 Å². The summed E-state index contributed by atoms with van der Waals surface area (Å²) in [6.45, 7) is 2.16. The van der Waals surface area contributed by atoms with E-state index in [2.05, 4.69) is 46.4 Å². The van der Waals surface area contributed by atoms with Crippen LogP contribution >= 0.6 is 11.8 Å². The average Bonchev–Trinajstić information content (AvgIpc) is 2.29. The van der Waals surface area contributed by atoms with E-state index in [4.69, 9.17) is 0 Å². The van der Waals surface area contributed by atoms with Crippen LogP contribution in [0.15, 0.2) is 29.3 Å². The lowest BCUT2D eigenvalue weighted by Gasteiger charge is -2.19. The van der Waals surface area contributed by atoms with Crippen molar-refractivity contribution in [3.8, 4) is 0 Å². The highest BCUT2D eigenvalue weighted by atomic mass is 32.2. The maximum Gasteiger partial charge on any atom is 0.161 e. The molecule has 92 valence electrons. The molecule has 2 rings (SSSR count). The van der Waals surface area contributed by atoms with Crippen LogP contribution in [0, 0.1) is 0 Å². The Kier molecular flexibility index (Phi) is 3.94. The second-order valence-corrected chi connectivity index (χ2v) is 5.57. The molecule has 0 radical (unpaired) electrons. The number of nitrogens with zero attached hydrogens (tertiary/aromatic N) is 2. The summed E-state index contributed by atoms with van der Waals surface area (Å²) in [4.78, 5) is 6.71. The quantitative estimate of drug-likeness (QED) is 0.873. The molecular formula is C13H19N3S. The van der Waals surface area contributed by atoms with Crippen molar-refractivity contribution in [2.24, 2.45) is 4.99 Å². The van der Waals surface area contributed by atoms with Crippen LogP contribution in [0.2, 0.25) is 0 Å². The first-order chi connectivity index (χ1) is 8.15. The molecule has 0 spiro atoms. The second kappa shape index (κ2) is 5.45. The van der Waals surface area contributed by atoms with E-state index in [0.717, 1.165) is 16.6 Å². The highest BCUT2D eigenvalue weighted by Crippen LogP contribution is 2.22. The van der Waals surface area contributed by atoms with Crippen LogP contribution < -0.4 is 10.2 Å². The van der Waals surface area contributed by atoms with Gasteiger partial charge >= 0.3 is 0 Å². The van der Waals surface area contributed by atoms with Gasteiger partial charge in [-0.1, -0.05) is 17.8 Å². The van der Waals surface area contributed by atoms with E-state index in [1.54, 1.807) is 11.8 Å². The number of benzene rings is 1. The molecule has 4 heteroatoms. The predicted octanol–water partition coefficient (Wildman–Crippen LogP) is 3.05. The molecule has 1 atom stereocenters. The van der Waals surface area contributed by atoms with Gasteiger partial charge in [-0.3, -0.25) is 4.99 Å². The fraction of sp³-hybridized carbons (Fsp3) is 0.462. The van der Waals surface area contributed by atoms with Crippen LogP contribution in [-0.4, -0.2) is 31.1 Å². The largest absolute Gasteiger partial charge is 0.378 e. The van der Waals surface area contributed by atoms with E-state index < -0.39 is 0 Å². The molecule has 1 aliphatic heterocycles. The number of anilines is 2. The minimum Gasteiger partial charge on any atom is -0.378 e. The first-order valence-electron chi connectivity index (χ1n) is 5.90. The zero-order valence-electron chi connectivity index (χ0n) is 10.6. The van der Waals surface area contributed by atoms with Crippen molar-refractivity contribution in [3.05, 3.63) is 24.3 Å². The summed E-state index contributed by atoms with van der Waals surface area (Å²) in [5.41, 5.74) is 2.31. The molecule has 1 unspecified atom stereocenters. The zero-order valence-corrected chi connectivity index (χ0v) is 11.4. The van der Waals surface area contributed by atoms with Gasteiger partial charge in [0, 0.05) is 31.2 Å². The van der Waals surface area contributed by atoms with E-state index in [1.165, 1.54) is 12.1 Å². The molecule has 1 aliphatic rings. The van der Waals surface area contributed by atoms with Gasteiger partial charge in [0.05, 0.1) is 6.04 Å². The molecule has 3 nitrogen and oxygen atoms in total. The minimum absolute atomic E-state index is 0.441. The summed E-state index contributed by atoms with van der Waals surface area (Å²) in [6, 6.07) is 8.83. The van der Waals surface area contributed by atoms with Crippen LogP contribution in [0.25, 0.3) is 0 Å². The predicted molar refractivity (Wildman–Crippen MR) is 78.4 cm³/mol. The van der Waals surface area contributed by atoms with Crippen molar-refractivity contribution in [1.82, 2.24) is 0 Å². The molecule has 0 saturated heterocycles. The van der Waals surface area contributed by atoms with Gasteiger partial charge in [-0.15, -0.1) is 0 Å². The molecule has 1 aromatic rings. The number of amidine groups is 1. The van der Waals surface area contributed by atoms with Gasteiger partial charge in [-0.2, -0.15) is 0 Å². The number of hydrogen-bond acceptors (Lipinski definition) is 4. The lowest BCUT2D eigenvalue weighted by Crippen LogP contribution is -2.18. The van der Waals surface area contributed by atoms with Crippen LogP contribution in [-0.2, 0) is 0 Å². The van der Waals surface area contributed by atoms with E-state index in [0.29, 0.717) is 6.04 Å². The highest BCUT2D eigenvalue weighted by Gasteiger charge is 2.11. The molecule has 0 amide bonds. The molecule has 1 aromatic carbocycles. The second-order valence-electron chi connectivity index (χ2n) is 4.49. The van der Waals surface area contributed by atoms with Gasteiger partial charge in [-0.25, -0.2) is 0 Å². The molecule has 0 aliphatic carbocycles. The van der Waals surface area contributed by atoms with Crippen LogP contribution in [0.1, 0.15) is 13.3 Å². The lowest BCUT2D eigenvalue weighted by molar-refractivity contribution is 0.720. The smallest absolute Gasteiger partial charge is 0.161 e. The SMILES string of the molecule is CC1CCSC(Nc2cccc(N(C)C)c2)=N1. The van der Waals surface area contributed by atoms with Gasteiger partial charge < -0.3 is 10.2 Å². The number of hydrogen-bond donors (Lipinski definition) is 1. The van der Waals surface area contributed by atoms with E-state index >= 15 is 0 Å². The molecule has 1 heterocycles. The van der Waals surface area contributed by atoms with E-state index in [9.17, 15) is 0 Å². The van der Waals surface area contributed by atoms with E-state index in [-0.39, 0.29) is 0 Å². The Morgan fingerprint density at radius 2 is 2.24 bits per heavy atom. The van der Waals surface area contributed by atoms with Gasteiger partial charge in [-0.05, 0) is 31.5 Å². The third-order valence-corrected chi connectivity index (χ3v) is 3.65. The van der Waals surface area contributed by atoms with Gasteiger partial charge in [0.1, 0.15) is 0 Å². The first kappa shape index (κ1) is 12.3. The fourth-order valence-electron chi connectivity index (χ4n) is 1.68. The normalized spacial score (nSPS) is 19.7. The van der Waals surface area contributed by atoms with Crippen molar-refractivity contribution in [1.29, 1.82) is 0 Å². The number of rotatable bonds is 2. The standard InChI is InChI=1S/C13H19N3S/c1-10-7-8-17-13(14-10)15-11-5-4-6-12(9-11)16(2)3/h4-6,9-10H,7-8H2,1-3H3,(H,14,15). The zero-order chi connectivity index (χ0) is 12.3. The topological polar surface area (TPSA) is 27.6 Å². The molecule has 17 heavy (non-hydrogen) atoms. The molecule has 0 saturated carbocycles. The summed E-state index contributed by atoms with van der Waals surface area (Å²) < 4.78 is 0. The molecule has 1 N–H and O–H groups in total. The number of thioether (sulfide) groups is 1. The number of nitrogens with one attached hydrogen (secondary N) is 1. The highest BCUT2D eigenvalue weighted by molar-refractivity contribution is 8.14. The van der Waals surface area contributed by atoms with Gasteiger partial charge in [0.15, 0.2) is 5.17 Å². The Balaban J connectivity index is 2.10. The Morgan fingerprint density at radius 3 is 2.94 bits per heavy atom. The van der Waals surface area contributed by atoms with Crippen molar-refractivity contribution >= 4 is 28.3 Å². The third kappa shape index (κ3) is 3.40. The van der Waals surface area contributed by atoms with Crippen molar-refractivity contribution in [2.45, 2.75) is 19.4 Å². The fourth-order valence-corrected chi connectivity index (χ4v) is 2.78. The van der Waals surface area contributed by atoms with Gasteiger partial charge in [0.25, 0.3) is 0 Å². The Morgan fingerprint density at radius 1 is 1.41 bits per heavy atom. The van der Waals surface area contributed by atoms with Crippen molar-refractivity contribution < 1.29 is 0 Å². The van der Waals surface area contributed by atoms with Crippen LogP contribution in [0.5, 0.6) is 0 Å². The third-order valence-electron chi connectivity index (χ3n) is 2.73. The van der Waals surface area contributed by atoms with Crippen LogP contribution in [0.3, 0.4) is 0 Å². The minimum atomic E-state index is 0.441.